The maximum atomic E-state index is 6.23. The average molecular weight is 370 g/mol. The number of hydrogen-bond donors (Lipinski definition) is 0. The monoisotopic (exact) mass is 368 g/mol. The Morgan fingerprint density at radius 3 is 2.52 bits per heavy atom. The lowest BCUT2D eigenvalue weighted by atomic mass is 10.1. The molecule has 0 spiro atoms. The highest BCUT2D eigenvalue weighted by Gasteiger charge is 2.08. The molecule has 0 saturated carbocycles. The molecule has 2 nitrogen and oxygen atoms in total. The number of alkyl halides is 1. The van der Waals surface area contributed by atoms with Crippen LogP contribution in [0.2, 0.25) is 5.02 Å². The van der Waals surface area contributed by atoms with E-state index < -0.39 is 0 Å². The molecule has 0 N–H and O–H groups in total. The molecule has 112 valence electrons. The second kappa shape index (κ2) is 7.71. The summed E-state index contributed by atoms with van der Waals surface area (Å²) in [5, 5.41) is 1.52. The topological polar surface area (TPSA) is 18.5 Å². The molecule has 0 fully saturated rings. The van der Waals surface area contributed by atoms with Crippen LogP contribution in [0.3, 0.4) is 0 Å². The highest BCUT2D eigenvalue weighted by molar-refractivity contribution is 9.08. The molecule has 0 aliphatic carbocycles. The Morgan fingerprint density at radius 2 is 1.86 bits per heavy atom. The fourth-order valence-electron chi connectivity index (χ4n) is 1.95. The van der Waals surface area contributed by atoms with Crippen molar-refractivity contribution in [1.29, 1.82) is 0 Å². The third-order valence-corrected chi connectivity index (χ3v) is 4.05. The summed E-state index contributed by atoms with van der Waals surface area (Å²) in [6, 6.07) is 11.9. The van der Waals surface area contributed by atoms with E-state index in [2.05, 4.69) is 15.9 Å². The molecule has 0 unspecified atom stereocenters. The highest BCUT2D eigenvalue weighted by atomic mass is 79.9. The molecule has 4 heteroatoms. The Balaban J connectivity index is 2.15. The second-order valence-electron chi connectivity index (χ2n) is 4.73. The Bertz CT molecular complexity index is 614. The van der Waals surface area contributed by atoms with Crippen molar-refractivity contribution < 1.29 is 9.47 Å². The minimum Gasteiger partial charge on any atom is -0.490 e. The third-order valence-electron chi connectivity index (χ3n) is 3.05. The Hall–Kier alpha value is -1.19. The number of benzene rings is 2. The summed E-state index contributed by atoms with van der Waals surface area (Å²) in [4.78, 5) is 0. The van der Waals surface area contributed by atoms with Crippen molar-refractivity contribution in [3.63, 3.8) is 0 Å². The predicted molar refractivity (Wildman–Crippen MR) is 90.8 cm³/mol. The van der Waals surface area contributed by atoms with Gasteiger partial charge in [-0.3, -0.25) is 0 Å². The first-order valence-electron chi connectivity index (χ1n) is 6.83. The molecular formula is C17H18BrClO2. The molecule has 0 radical (unpaired) electrons. The Labute approximate surface area is 139 Å². The van der Waals surface area contributed by atoms with Crippen molar-refractivity contribution in [1.82, 2.24) is 0 Å². The zero-order chi connectivity index (χ0) is 15.2. The first-order valence-corrected chi connectivity index (χ1v) is 8.33. The van der Waals surface area contributed by atoms with Crippen LogP contribution < -0.4 is 9.47 Å². The van der Waals surface area contributed by atoms with Crippen LogP contribution in [0.1, 0.15) is 23.6 Å². The number of ether oxygens (including phenoxy) is 2. The summed E-state index contributed by atoms with van der Waals surface area (Å²) >= 11 is 9.67. The molecule has 0 bridgehead atoms. The number of hydrogen-bond acceptors (Lipinski definition) is 2. The van der Waals surface area contributed by atoms with E-state index in [1.165, 1.54) is 0 Å². The maximum Gasteiger partial charge on any atom is 0.161 e. The zero-order valence-electron chi connectivity index (χ0n) is 12.2. The highest BCUT2D eigenvalue weighted by Crippen LogP contribution is 2.30. The van der Waals surface area contributed by atoms with E-state index in [1.54, 1.807) is 0 Å². The molecule has 0 aromatic heterocycles. The second-order valence-corrected chi connectivity index (χ2v) is 5.70. The van der Waals surface area contributed by atoms with Gasteiger partial charge in [0.2, 0.25) is 0 Å². The summed E-state index contributed by atoms with van der Waals surface area (Å²) in [7, 11) is 0. The lowest BCUT2D eigenvalue weighted by Gasteiger charge is -2.13. The molecular weight excluding hydrogens is 352 g/mol. The fraction of sp³-hybridized carbons (Fsp3) is 0.294. The molecule has 21 heavy (non-hydrogen) atoms. The van der Waals surface area contributed by atoms with E-state index in [-0.39, 0.29) is 0 Å². The smallest absolute Gasteiger partial charge is 0.161 e. The Morgan fingerprint density at radius 1 is 1.05 bits per heavy atom. The van der Waals surface area contributed by atoms with E-state index in [4.69, 9.17) is 21.1 Å². The van der Waals surface area contributed by atoms with Crippen molar-refractivity contribution in [2.24, 2.45) is 0 Å². The largest absolute Gasteiger partial charge is 0.490 e. The van der Waals surface area contributed by atoms with Crippen molar-refractivity contribution in [2.75, 3.05) is 6.61 Å². The molecule has 2 aromatic carbocycles. The number of aryl methyl sites for hydroxylation is 1. The first kappa shape index (κ1) is 16.2. The molecule has 0 saturated heterocycles. The van der Waals surface area contributed by atoms with Crippen molar-refractivity contribution in [2.45, 2.75) is 25.8 Å². The van der Waals surface area contributed by atoms with Gasteiger partial charge in [0, 0.05) is 15.9 Å². The minimum absolute atomic E-state index is 0.423. The molecule has 0 aliphatic heterocycles. The summed E-state index contributed by atoms with van der Waals surface area (Å²) in [6.45, 7) is 5.00. The normalized spacial score (nSPS) is 10.5. The SMILES string of the molecule is CCOc1cc(CBr)ccc1OCc1ccc(C)cc1Cl. The van der Waals surface area contributed by atoms with E-state index >= 15 is 0 Å². The third kappa shape index (κ3) is 4.39. The number of halogens is 2. The van der Waals surface area contributed by atoms with E-state index in [1.807, 2.05) is 50.2 Å². The zero-order valence-corrected chi connectivity index (χ0v) is 14.5. The summed E-state index contributed by atoms with van der Waals surface area (Å²) < 4.78 is 11.5. The van der Waals surface area contributed by atoms with Crippen LogP contribution >= 0.6 is 27.5 Å². The Kier molecular flexibility index (Phi) is 5.95. The van der Waals surface area contributed by atoms with Gasteiger partial charge in [-0.05, 0) is 43.2 Å². The molecule has 0 heterocycles. The molecule has 2 aromatic rings. The van der Waals surface area contributed by atoms with Gasteiger partial charge in [-0.15, -0.1) is 0 Å². The van der Waals surface area contributed by atoms with Gasteiger partial charge < -0.3 is 9.47 Å². The van der Waals surface area contributed by atoms with Crippen LogP contribution in [0.25, 0.3) is 0 Å². The van der Waals surface area contributed by atoms with Crippen molar-refractivity contribution in [3.05, 3.63) is 58.1 Å². The number of rotatable bonds is 6. The van der Waals surface area contributed by atoms with E-state index in [0.717, 1.165) is 38.5 Å². The van der Waals surface area contributed by atoms with Crippen LogP contribution in [0, 0.1) is 6.92 Å². The van der Waals surface area contributed by atoms with Crippen LogP contribution in [-0.2, 0) is 11.9 Å². The molecule has 2 rings (SSSR count). The van der Waals surface area contributed by atoms with Gasteiger partial charge in [0.15, 0.2) is 11.5 Å². The maximum absolute atomic E-state index is 6.23. The van der Waals surface area contributed by atoms with Gasteiger partial charge >= 0.3 is 0 Å². The predicted octanol–water partition coefficient (Wildman–Crippen LogP) is 5.52. The van der Waals surface area contributed by atoms with Gasteiger partial charge in [0.05, 0.1) is 6.61 Å². The molecule has 0 atom stereocenters. The standard InChI is InChI=1S/C17H18BrClO2/c1-3-20-17-9-13(10-18)5-7-16(17)21-11-14-6-4-12(2)8-15(14)19/h4-9H,3,10-11H2,1-2H3. The first-order chi connectivity index (χ1) is 10.1. The van der Waals surface area contributed by atoms with Gasteiger partial charge in [-0.2, -0.15) is 0 Å². The summed E-state index contributed by atoms with van der Waals surface area (Å²) in [6.07, 6.45) is 0. The average Bonchev–Trinajstić information content (AvgIpc) is 2.47. The molecule has 0 amide bonds. The van der Waals surface area contributed by atoms with E-state index in [9.17, 15) is 0 Å². The van der Waals surface area contributed by atoms with Gasteiger partial charge in [0.1, 0.15) is 6.61 Å². The van der Waals surface area contributed by atoms with Crippen molar-refractivity contribution >= 4 is 27.5 Å². The van der Waals surface area contributed by atoms with Crippen molar-refractivity contribution in [3.8, 4) is 11.5 Å². The van der Waals surface area contributed by atoms with Crippen LogP contribution in [0.5, 0.6) is 11.5 Å². The van der Waals surface area contributed by atoms with Crippen LogP contribution in [0.15, 0.2) is 36.4 Å². The van der Waals surface area contributed by atoms with Crippen LogP contribution in [-0.4, -0.2) is 6.61 Å². The summed E-state index contributed by atoms with van der Waals surface area (Å²) in [5.41, 5.74) is 3.26. The lowest BCUT2D eigenvalue weighted by Crippen LogP contribution is -2.01. The molecule has 0 aliphatic rings. The quantitative estimate of drug-likeness (QED) is 0.624. The van der Waals surface area contributed by atoms with E-state index in [0.29, 0.717) is 13.2 Å². The van der Waals surface area contributed by atoms with Gasteiger partial charge in [-0.1, -0.05) is 45.7 Å². The lowest BCUT2D eigenvalue weighted by molar-refractivity contribution is 0.269. The summed E-state index contributed by atoms with van der Waals surface area (Å²) in [5.74, 6) is 1.50. The van der Waals surface area contributed by atoms with Crippen LogP contribution in [0.4, 0.5) is 0 Å². The van der Waals surface area contributed by atoms with Gasteiger partial charge in [-0.25, -0.2) is 0 Å². The fourth-order valence-corrected chi connectivity index (χ4v) is 2.59. The minimum atomic E-state index is 0.423. The van der Waals surface area contributed by atoms with Gasteiger partial charge in [0.25, 0.3) is 0 Å².